The fraction of sp³-hybridized carbons (Fsp3) is 0.389. The smallest absolute Gasteiger partial charge is 0.341 e. The summed E-state index contributed by atoms with van der Waals surface area (Å²) in [7, 11) is 2.94. The first-order valence-electron chi connectivity index (χ1n) is 8.44. The van der Waals surface area contributed by atoms with E-state index in [1.807, 2.05) is 13.8 Å². The number of rotatable bonds is 8. The van der Waals surface area contributed by atoms with Crippen molar-refractivity contribution in [1.29, 1.82) is 0 Å². The van der Waals surface area contributed by atoms with Gasteiger partial charge in [0.2, 0.25) is 5.91 Å². The predicted octanol–water partition coefficient (Wildman–Crippen LogP) is 1.34. The molecule has 0 aliphatic carbocycles. The number of nitrogens with zero attached hydrogens (tertiary/aromatic N) is 3. The van der Waals surface area contributed by atoms with Gasteiger partial charge in [0, 0.05) is 31.6 Å². The molecule has 0 radical (unpaired) electrons. The second-order valence-corrected chi connectivity index (χ2v) is 6.91. The molecule has 0 atom stereocenters. The van der Waals surface area contributed by atoms with E-state index in [9.17, 15) is 14.4 Å². The minimum absolute atomic E-state index is 0.113. The van der Waals surface area contributed by atoms with Crippen molar-refractivity contribution in [2.75, 3.05) is 27.2 Å². The number of ether oxygens (including phenoxy) is 1. The molecule has 0 saturated heterocycles. The monoisotopic (exact) mass is 406 g/mol. The van der Waals surface area contributed by atoms with Crippen molar-refractivity contribution < 1.29 is 23.6 Å². The Bertz CT molecular complexity index is 848. The third-order valence-corrected chi connectivity index (χ3v) is 4.97. The van der Waals surface area contributed by atoms with E-state index < -0.39 is 18.5 Å². The standard InChI is InChI=1S/C18H22N4O5S/c1-11-14(12(2)27-21-11)10-28-17-13(6-5-7-20-17)18(25)26-9-16(24)22(4)8-15(23)19-3/h5-7H,8-10H2,1-4H3,(H,19,23). The maximum absolute atomic E-state index is 12.4. The summed E-state index contributed by atoms with van der Waals surface area (Å²) >= 11 is 1.35. The van der Waals surface area contributed by atoms with E-state index in [0.717, 1.165) is 17.0 Å². The Morgan fingerprint density at radius 1 is 1.32 bits per heavy atom. The highest BCUT2D eigenvalue weighted by Gasteiger charge is 2.19. The second kappa shape index (κ2) is 9.88. The summed E-state index contributed by atoms with van der Waals surface area (Å²) in [5.41, 5.74) is 2.00. The van der Waals surface area contributed by atoms with Gasteiger partial charge in [-0.05, 0) is 26.0 Å². The van der Waals surface area contributed by atoms with Crippen molar-refractivity contribution in [2.45, 2.75) is 24.6 Å². The first kappa shape index (κ1) is 21.4. The molecule has 9 nitrogen and oxygen atoms in total. The van der Waals surface area contributed by atoms with Crippen molar-refractivity contribution in [3.8, 4) is 0 Å². The van der Waals surface area contributed by atoms with E-state index >= 15 is 0 Å². The lowest BCUT2D eigenvalue weighted by Crippen LogP contribution is -2.39. The molecule has 0 fully saturated rings. The van der Waals surface area contributed by atoms with Gasteiger partial charge in [0.25, 0.3) is 5.91 Å². The molecule has 0 unspecified atom stereocenters. The lowest BCUT2D eigenvalue weighted by atomic mass is 10.2. The van der Waals surface area contributed by atoms with Gasteiger partial charge in [-0.1, -0.05) is 5.16 Å². The van der Waals surface area contributed by atoms with E-state index in [-0.39, 0.29) is 18.0 Å². The Hall–Kier alpha value is -2.88. The Kier molecular flexibility index (Phi) is 7.56. The van der Waals surface area contributed by atoms with E-state index in [0.29, 0.717) is 10.8 Å². The third kappa shape index (κ3) is 5.56. The maximum atomic E-state index is 12.4. The van der Waals surface area contributed by atoms with Crippen LogP contribution in [-0.2, 0) is 20.1 Å². The molecule has 2 aromatic rings. The van der Waals surface area contributed by atoms with Crippen LogP contribution in [0.4, 0.5) is 0 Å². The molecule has 2 heterocycles. The fourth-order valence-corrected chi connectivity index (χ4v) is 3.34. The molecular weight excluding hydrogens is 384 g/mol. The van der Waals surface area contributed by atoms with Crippen LogP contribution in [0.1, 0.15) is 27.4 Å². The molecule has 0 bridgehead atoms. The number of carbonyl (C=O) groups is 3. The first-order chi connectivity index (χ1) is 13.3. The molecule has 1 N–H and O–H groups in total. The van der Waals surface area contributed by atoms with Gasteiger partial charge < -0.3 is 19.5 Å². The maximum Gasteiger partial charge on any atom is 0.341 e. The highest BCUT2D eigenvalue weighted by Crippen LogP contribution is 2.27. The van der Waals surface area contributed by atoms with Gasteiger partial charge in [0.1, 0.15) is 10.8 Å². The number of carbonyl (C=O) groups excluding carboxylic acids is 3. The Morgan fingerprint density at radius 3 is 2.71 bits per heavy atom. The van der Waals surface area contributed by atoms with E-state index in [1.54, 1.807) is 18.3 Å². The van der Waals surface area contributed by atoms with E-state index in [1.165, 1.54) is 30.8 Å². The third-order valence-electron chi connectivity index (χ3n) is 3.94. The zero-order valence-electron chi connectivity index (χ0n) is 16.1. The Balaban J connectivity index is 1.98. The Labute approximate surface area is 166 Å². The number of nitrogens with one attached hydrogen (secondary N) is 1. The molecule has 0 aliphatic heterocycles. The van der Waals surface area contributed by atoms with Crippen LogP contribution in [0.5, 0.6) is 0 Å². The predicted molar refractivity (Wildman–Crippen MR) is 102 cm³/mol. The summed E-state index contributed by atoms with van der Waals surface area (Å²) in [5.74, 6) is -0.198. The lowest BCUT2D eigenvalue weighted by molar-refractivity contribution is -0.137. The van der Waals surface area contributed by atoms with Crippen LogP contribution in [0.2, 0.25) is 0 Å². The van der Waals surface area contributed by atoms with Gasteiger partial charge >= 0.3 is 5.97 Å². The zero-order valence-corrected chi connectivity index (χ0v) is 17.0. The number of aromatic nitrogens is 2. The van der Waals surface area contributed by atoms with Gasteiger partial charge in [-0.25, -0.2) is 9.78 Å². The Morgan fingerprint density at radius 2 is 2.07 bits per heavy atom. The van der Waals surface area contributed by atoms with Crippen molar-refractivity contribution in [1.82, 2.24) is 20.4 Å². The second-order valence-electron chi connectivity index (χ2n) is 5.95. The minimum Gasteiger partial charge on any atom is -0.452 e. The molecular formula is C18H22N4O5S. The number of pyridine rings is 1. The normalized spacial score (nSPS) is 10.4. The number of esters is 1. The largest absolute Gasteiger partial charge is 0.452 e. The number of hydrogen-bond acceptors (Lipinski definition) is 8. The average Bonchev–Trinajstić information content (AvgIpc) is 3.01. The van der Waals surface area contributed by atoms with Gasteiger partial charge in [-0.15, -0.1) is 11.8 Å². The summed E-state index contributed by atoms with van der Waals surface area (Å²) in [5, 5.41) is 6.81. The highest BCUT2D eigenvalue weighted by atomic mass is 32.2. The van der Waals surface area contributed by atoms with E-state index in [4.69, 9.17) is 9.26 Å². The van der Waals surface area contributed by atoms with Crippen LogP contribution in [0, 0.1) is 13.8 Å². The number of aryl methyl sites for hydroxylation is 2. The fourth-order valence-electron chi connectivity index (χ4n) is 2.21. The molecule has 28 heavy (non-hydrogen) atoms. The van der Waals surface area contributed by atoms with Gasteiger partial charge in [-0.2, -0.15) is 0 Å². The SMILES string of the molecule is CNC(=O)CN(C)C(=O)COC(=O)c1cccnc1SCc1c(C)noc1C. The molecule has 0 saturated carbocycles. The van der Waals surface area contributed by atoms with Crippen molar-refractivity contribution in [3.63, 3.8) is 0 Å². The summed E-state index contributed by atoms with van der Waals surface area (Å²) in [6, 6.07) is 3.21. The van der Waals surface area contributed by atoms with Crippen molar-refractivity contribution >= 4 is 29.5 Å². The number of thioether (sulfide) groups is 1. The molecule has 2 rings (SSSR count). The molecule has 10 heteroatoms. The van der Waals surface area contributed by atoms with Crippen LogP contribution >= 0.6 is 11.8 Å². The van der Waals surface area contributed by atoms with Gasteiger partial charge in [0.05, 0.1) is 17.8 Å². The van der Waals surface area contributed by atoms with Crippen molar-refractivity contribution in [3.05, 3.63) is 40.9 Å². The molecule has 0 spiro atoms. The quantitative estimate of drug-likeness (QED) is 0.516. The zero-order chi connectivity index (χ0) is 20.7. The number of hydrogen-bond donors (Lipinski definition) is 1. The molecule has 2 amide bonds. The molecule has 150 valence electrons. The van der Waals surface area contributed by atoms with Crippen LogP contribution in [-0.4, -0.2) is 60.1 Å². The molecule has 0 aliphatic rings. The number of amides is 2. The van der Waals surface area contributed by atoms with Crippen LogP contribution in [0.25, 0.3) is 0 Å². The lowest BCUT2D eigenvalue weighted by Gasteiger charge is -2.16. The summed E-state index contributed by atoms with van der Waals surface area (Å²) in [6.45, 7) is 3.10. The van der Waals surface area contributed by atoms with Gasteiger partial charge in [0.15, 0.2) is 6.61 Å². The summed E-state index contributed by atoms with van der Waals surface area (Å²) < 4.78 is 10.2. The molecule has 2 aromatic heterocycles. The topological polar surface area (TPSA) is 115 Å². The average molecular weight is 406 g/mol. The molecule has 0 aromatic carbocycles. The van der Waals surface area contributed by atoms with Crippen LogP contribution in [0.15, 0.2) is 27.9 Å². The van der Waals surface area contributed by atoms with Crippen molar-refractivity contribution in [2.24, 2.45) is 0 Å². The van der Waals surface area contributed by atoms with Crippen LogP contribution < -0.4 is 5.32 Å². The van der Waals surface area contributed by atoms with Gasteiger partial charge in [-0.3, -0.25) is 9.59 Å². The van der Waals surface area contributed by atoms with Crippen LogP contribution in [0.3, 0.4) is 0 Å². The van der Waals surface area contributed by atoms with E-state index in [2.05, 4.69) is 15.5 Å². The highest BCUT2D eigenvalue weighted by molar-refractivity contribution is 7.98. The minimum atomic E-state index is -0.656. The first-order valence-corrected chi connectivity index (χ1v) is 9.43. The number of likely N-dealkylation sites (N-methyl/N-ethyl adjacent to an activating group) is 2. The summed E-state index contributed by atoms with van der Waals surface area (Å²) in [6.07, 6.45) is 1.58. The summed E-state index contributed by atoms with van der Waals surface area (Å²) in [4.78, 5) is 41.1.